The molecule has 0 spiro atoms. The number of benzene rings is 2. The highest BCUT2D eigenvalue weighted by Gasteiger charge is 2.16. The number of rotatable bonds is 8. The minimum atomic E-state index is -3.57. The van der Waals surface area contributed by atoms with E-state index in [9.17, 15) is 13.2 Å². The number of anilines is 1. The zero-order valence-electron chi connectivity index (χ0n) is 15.5. The summed E-state index contributed by atoms with van der Waals surface area (Å²) in [6, 6.07) is 11.0. The van der Waals surface area contributed by atoms with Gasteiger partial charge in [-0.25, -0.2) is 13.1 Å². The quantitative estimate of drug-likeness (QED) is 0.694. The molecule has 1 atom stereocenters. The van der Waals surface area contributed by atoms with E-state index >= 15 is 0 Å². The topological polar surface area (TPSA) is 84.5 Å². The molecule has 0 fully saturated rings. The number of halogens is 1. The van der Waals surface area contributed by atoms with Gasteiger partial charge in [-0.15, -0.1) is 0 Å². The Bertz CT molecular complexity index is 898. The van der Waals surface area contributed by atoms with Crippen molar-refractivity contribution in [1.82, 2.24) is 4.72 Å². The lowest BCUT2D eigenvalue weighted by Crippen LogP contribution is -2.31. The summed E-state index contributed by atoms with van der Waals surface area (Å²) in [5.41, 5.74) is 1.50. The average molecular weight is 411 g/mol. The van der Waals surface area contributed by atoms with Crippen LogP contribution in [0.5, 0.6) is 5.75 Å². The van der Waals surface area contributed by atoms with Gasteiger partial charge in [-0.3, -0.25) is 4.79 Å². The number of carbonyl (C=O) groups is 1. The highest BCUT2D eigenvalue weighted by Crippen LogP contribution is 2.20. The SMILES string of the molecule is CC[C@@H](C)NS(=O)(=O)c1ccc(OCC(=O)Nc2cc(Cl)ccc2C)cc1. The molecule has 0 saturated carbocycles. The standard InChI is InChI=1S/C19H23ClN2O4S/c1-4-14(3)22-27(24,25)17-9-7-16(8-10-17)26-12-19(23)21-18-11-15(20)6-5-13(18)2/h5-11,14,22H,4,12H2,1-3H3,(H,21,23)/t14-/m1/s1. The first-order chi connectivity index (χ1) is 12.7. The van der Waals surface area contributed by atoms with Gasteiger partial charge in [0.15, 0.2) is 6.61 Å². The summed E-state index contributed by atoms with van der Waals surface area (Å²) in [5, 5.41) is 3.26. The van der Waals surface area contributed by atoms with Gasteiger partial charge in [0, 0.05) is 16.8 Å². The average Bonchev–Trinajstić information content (AvgIpc) is 2.63. The molecule has 2 rings (SSSR count). The number of sulfonamides is 1. The number of amides is 1. The van der Waals surface area contributed by atoms with Crippen molar-refractivity contribution in [3.8, 4) is 5.75 Å². The van der Waals surface area contributed by atoms with Crippen molar-refractivity contribution in [2.24, 2.45) is 0 Å². The Labute approximate surface area is 164 Å². The minimum absolute atomic E-state index is 0.147. The van der Waals surface area contributed by atoms with Crippen LogP contribution in [0.25, 0.3) is 0 Å². The van der Waals surface area contributed by atoms with Crippen molar-refractivity contribution in [3.63, 3.8) is 0 Å². The second-order valence-corrected chi connectivity index (χ2v) is 8.35. The summed E-state index contributed by atoms with van der Waals surface area (Å²) in [6.07, 6.45) is 0.696. The largest absolute Gasteiger partial charge is 0.484 e. The molecule has 146 valence electrons. The van der Waals surface area contributed by atoms with Crippen molar-refractivity contribution in [2.75, 3.05) is 11.9 Å². The van der Waals surface area contributed by atoms with Gasteiger partial charge in [0.05, 0.1) is 4.90 Å². The van der Waals surface area contributed by atoms with Gasteiger partial charge < -0.3 is 10.1 Å². The first-order valence-corrected chi connectivity index (χ1v) is 10.4. The Balaban J connectivity index is 1.95. The molecule has 1 amide bonds. The molecule has 2 N–H and O–H groups in total. The molecule has 0 aliphatic heterocycles. The first-order valence-electron chi connectivity index (χ1n) is 8.52. The molecular weight excluding hydrogens is 388 g/mol. The Hall–Kier alpha value is -2.09. The number of ether oxygens (including phenoxy) is 1. The number of aryl methyl sites for hydroxylation is 1. The lowest BCUT2D eigenvalue weighted by atomic mass is 10.2. The highest BCUT2D eigenvalue weighted by atomic mass is 35.5. The van der Waals surface area contributed by atoms with Crippen LogP contribution >= 0.6 is 11.6 Å². The Morgan fingerprint density at radius 2 is 1.85 bits per heavy atom. The van der Waals surface area contributed by atoms with E-state index in [2.05, 4.69) is 10.0 Å². The van der Waals surface area contributed by atoms with Gasteiger partial charge in [-0.05, 0) is 62.2 Å². The molecule has 2 aromatic carbocycles. The normalized spacial score (nSPS) is 12.4. The van der Waals surface area contributed by atoms with Crippen LogP contribution < -0.4 is 14.8 Å². The van der Waals surface area contributed by atoms with Gasteiger partial charge in [-0.1, -0.05) is 24.6 Å². The van der Waals surface area contributed by atoms with Gasteiger partial charge in [0.2, 0.25) is 10.0 Å². The third-order valence-corrected chi connectivity index (χ3v) is 5.79. The molecule has 8 heteroatoms. The predicted octanol–water partition coefficient (Wildman–Crippen LogP) is 3.74. The van der Waals surface area contributed by atoms with Crippen LogP contribution in [0.1, 0.15) is 25.8 Å². The summed E-state index contributed by atoms with van der Waals surface area (Å²) in [6.45, 7) is 5.36. The van der Waals surface area contributed by atoms with Crippen LogP contribution in [0, 0.1) is 6.92 Å². The first kappa shape index (κ1) is 21.2. The molecule has 0 aliphatic rings. The van der Waals surface area contributed by atoms with E-state index in [1.54, 1.807) is 19.1 Å². The van der Waals surface area contributed by atoms with Crippen LogP contribution in [-0.4, -0.2) is 27.0 Å². The fraction of sp³-hybridized carbons (Fsp3) is 0.316. The van der Waals surface area contributed by atoms with Gasteiger partial charge >= 0.3 is 0 Å². The van der Waals surface area contributed by atoms with Crippen molar-refractivity contribution in [3.05, 3.63) is 53.1 Å². The molecule has 0 bridgehead atoms. The fourth-order valence-corrected chi connectivity index (χ4v) is 3.69. The predicted molar refractivity (Wildman–Crippen MR) is 107 cm³/mol. The fourth-order valence-electron chi connectivity index (χ4n) is 2.20. The lowest BCUT2D eigenvalue weighted by Gasteiger charge is -2.13. The monoisotopic (exact) mass is 410 g/mol. The second kappa shape index (κ2) is 9.21. The zero-order valence-corrected chi connectivity index (χ0v) is 17.0. The van der Waals surface area contributed by atoms with Crippen molar-refractivity contribution >= 4 is 33.2 Å². The summed E-state index contributed by atoms with van der Waals surface area (Å²) >= 11 is 5.93. The molecule has 0 aromatic heterocycles. The molecule has 0 aliphatic carbocycles. The molecule has 0 saturated heterocycles. The second-order valence-electron chi connectivity index (χ2n) is 6.20. The van der Waals surface area contributed by atoms with Crippen molar-refractivity contribution < 1.29 is 17.9 Å². The third kappa shape index (κ3) is 6.23. The van der Waals surface area contributed by atoms with E-state index in [0.29, 0.717) is 22.9 Å². The van der Waals surface area contributed by atoms with Crippen molar-refractivity contribution in [2.45, 2.75) is 38.1 Å². The van der Waals surface area contributed by atoms with Gasteiger partial charge in [-0.2, -0.15) is 0 Å². The van der Waals surface area contributed by atoms with Crippen LogP contribution in [0.2, 0.25) is 5.02 Å². The molecule has 27 heavy (non-hydrogen) atoms. The van der Waals surface area contributed by atoms with E-state index in [1.165, 1.54) is 24.3 Å². The van der Waals surface area contributed by atoms with E-state index in [-0.39, 0.29) is 23.5 Å². The van der Waals surface area contributed by atoms with E-state index < -0.39 is 10.0 Å². The maximum atomic E-state index is 12.2. The highest BCUT2D eigenvalue weighted by molar-refractivity contribution is 7.89. The number of hydrogen-bond acceptors (Lipinski definition) is 4. The lowest BCUT2D eigenvalue weighted by molar-refractivity contribution is -0.118. The molecule has 0 radical (unpaired) electrons. The number of hydrogen-bond donors (Lipinski definition) is 2. The summed E-state index contributed by atoms with van der Waals surface area (Å²) < 4.78 is 32.4. The smallest absolute Gasteiger partial charge is 0.262 e. The van der Waals surface area contributed by atoms with Crippen LogP contribution in [0.3, 0.4) is 0 Å². The molecule has 6 nitrogen and oxygen atoms in total. The van der Waals surface area contributed by atoms with Gasteiger partial charge in [0.25, 0.3) is 5.91 Å². The van der Waals surface area contributed by atoms with Gasteiger partial charge in [0.1, 0.15) is 5.75 Å². The third-order valence-electron chi connectivity index (χ3n) is 3.95. The Morgan fingerprint density at radius 3 is 2.48 bits per heavy atom. The molecule has 0 heterocycles. The zero-order chi connectivity index (χ0) is 20.0. The maximum Gasteiger partial charge on any atom is 0.262 e. The van der Waals surface area contributed by atoms with Crippen molar-refractivity contribution in [1.29, 1.82) is 0 Å². The van der Waals surface area contributed by atoms with Crippen LogP contribution in [0.4, 0.5) is 5.69 Å². The van der Waals surface area contributed by atoms with E-state index in [4.69, 9.17) is 16.3 Å². The summed E-state index contributed by atoms with van der Waals surface area (Å²) in [4.78, 5) is 12.2. The Kier molecular flexibility index (Phi) is 7.24. The van der Waals surface area contributed by atoms with E-state index in [1.807, 2.05) is 19.9 Å². The number of nitrogens with one attached hydrogen (secondary N) is 2. The minimum Gasteiger partial charge on any atom is -0.484 e. The number of carbonyl (C=O) groups excluding carboxylic acids is 1. The summed E-state index contributed by atoms with van der Waals surface area (Å²) in [7, 11) is -3.57. The molecule has 0 unspecified atom stereocenters. The van der Waals surface area contributed by atoms with E-state index in [0.717, 1.165) is 5.56 Å². The Morgan fingerprint density at radius 1 is 1.19 bits per heavy atom. The molecule has 2 aromatic rings. The van der Waals surface area contributed by atoms with Crippen LogP contribution in [0.15, 0.2) is 47.4 Å². The molecular formula is C19H23ClN2O4S. The van der Waals surface area contributed by atoms with Crippen LogP contribution in [-0.2, 0) is 14.8 Å². The maximum absolute atomic E-state index is 12.2. The summed E-state index contributed by atoms with van der Waals surface area (Å²) in [5.74, 6) is 0.0611.